The van der Waals surface area contributed by atoms with E-state index >= 15 is 0 Å². The first-order valence-corrected chi connectivity index (χ1v) is 10.8. The standard InChI is InChI=1S/C26H23NO5/c1-14-3-4-15(2)20(11-14)21(28)13-32-26(31)16-7-9-19(10-8-16)27-24(29)22-17-5-6-18(12-17)23(22)25(27)30/h3-11,17-18,22-23H,12-13H2,1-2H3/t17-,18+,22-,23+. The van der Waals surface area contributed by atoms with E-state index in [2.05, 4.69) is 12.2 Å². The van der Waals surface area contributed by atoms with Gasteiger partial charge in [0.1, 0.15) is 0 Å². The summed E-state index contributed by atoms with van der Waals surface area (Å²) >= 11 is 0. The van der Waals surface area contributed by atoms with E-state index in [9.17, 15) is 19.2 Å². The van der Waals surface area contributed by atoms with Crippen molar-refractivity contribution in [2.24, 2.45) is 23.7 Å². The minimum Gasteiger partial charge on any atom is -0.454 e. The van der Waals surface area contributed by atoms with E-state index in [-0.39, 0.29) is 53.4 Å². The van der Waals surface area contributed by atoms with E-state index in [0.717, 1.165) is 17.5 Å². The van der Waals surface area contributed by atoms with Crippen molar-refractivity contribution in [1.29, 1.82) is 0 Å². The average molecular weight is 429 g/mol. The molecular formula is C26H23NO5. The molecule has 0 N–H and O–H groups in total. The van der Waals surface area contributed by atoms with Crippen LogP contribution in [0.2, 0.25) is 0 Å². The molecule has 1 aliphatic heterocycles. The van der Waals surface area contributed by atoms with Crippen LogP contribution in [0.1, 0.15) is 38.3 Å². The summed E-state index contributed by atoms with van der Waals surface area (Å²) in [5.41, 5.74) is 3.03. The Hall–Kier alpha value is -3.54. The fourth-order valence-corrected chi connectivity index (χ4v) is 5.23. The molecule has 1 heterocycles. The minimum atomic E-state index is -0.631. The molecule has 0 radical (unpaired) electrons. The van der Waals surface area contributed by atoms with Crippen LogP contribution in [-0.4, -0.2) is 30.2 Å². The zero-order chi connectivity index (χ0) is 22.6. The van der Waals surface area contributed by atoms with Crippen molar-refractivity contribution in [2.45, 2.75) is 20.3 Å². The Morgan fingerprint density at radius 2 is 1.56 bits per heavy atom. The maximum Gasteiger partial charge on any atom is 0.338 e. The highest BCUT2D eigenvalue weighted by Crippen LogP contribution is 2.53. The maximum absolute atomic E-state index is 12.9. The molecule has 2 bridgehead atoms. The first kappa shape index (κ1) is 20.4. The summed E-state index contributed by atoms with van der Waals surface area (Å²) < 4.78 is 5.20. The van der Waals surface area contributed by atoms with Gasteiger partial charge in [-0.2, -0.15) is 0 Å². The third-order valence-corrected chi connectivity index (χ3v) is 6.86. The molecule has 0 spiro atoms. The van der Waals surface area contributed by atoms with Crippen molar-refractivity contribution >= 4 is 29.3 Å². The normalized spacial score (nSPS) is 25.4. The van der Waals surface area contributed by atoms with Crippen molar-refractivity contribution in [2.75, 3.05) is 11.5 Å². The van der Waals surface area contributed by atoms with Gasteiger partial charge in [0.05, 0.1) is 23.1 Å². The van der Waals surface area contributed by atoms with Gasteiger partial charge in [0.2, 0.25) is 17.6 Å². The van der Waals surface area contributed by atoms with Crippen LogP contribution in [0.4, 0.5) is 5.69 Å². The number of ether oxygens (including phenoxy) is 1. The van der Waals surface area contributed by atoms with Crippen molar-refractivity contribution in [3.05, 3.63) is 76.9 Å². The summed E-state index contributed by atoms with van der Waals surface area (Å²) in [6, 6.07) is 11.7. The number of ketones is 1. The topological polar surface area (TPSA) is 80.8 Å². The van der Waals surface area contributed by atoms with E-state index < -0.39 is 5.97 Å². The molecule has 2 aliphatic carbocycles. The number of hydrogen-bond donors (Lipinski definition) is 0. The number of Topliss-reactive ketones (excluding diaryl/α,β-unsaturated/α-hetero) is 1. The van der Waals surface area contributed by atoms with Gasteiger partial charge in [-0.05, 0) is 68.0 Å². The molecule has 2 amide bonds. The number of imide groups is 1. The molecule has 2 aromatic carbocycles. The number of carbonyl (C=O) groups excluding carboxylic acids is 4. The van der Waals surface area contributed by atoms with E-state index in [1.807, 2.05) is 26.0 Å². The fraction of sp³-hybridized carbons (Fsp3) is 0.308. The van der Waals surface area contributed by atoms with E-state index in [1.165, 1.54) is 17.0 Å². The second-order valence-electron chi connectivity index (χ2n) is 8.88. The lowest BCUT2D eigenvalue weighted by Crippen LogP contribution is -2.32. The number of aryl methyl sites for hydroxylation is 2. The smallest absolute Gasteiger partial charge is 0.338 e. The Morgan fingerprint density at radius 3 is 2.19 bits per heavy atom. The lowest BCUT2D eigenvalue weighted by atomic mass is 9.85. The number of hydrogen-bond acceptors (Lipinski definition) is 5. The summed E-state index contributed by atoms with van der Waals surface area (Å²) in [6.45, 7) is 3.38. The quantitative estimate of drug-likeness (QED) is 0.314. The van der Waals surface area contributed by atoms with Gasteiger partial charge in [0.25, 0.3) is 0 Å². The summed E-state index contributed by atoms with van der Waals surface area (Å²) in [5.74, 6) is -1.45. The first-order valence-electron chi connectivity index (χ1n) is 10.8. The summed E-state index contributed by atoms with van der Waals surface area (Å²) in [5, 5.41) is 0. The number of rotatable bonds is 5. The van der Waals surface area contributed by atoms with E-state index in [0.29, 0.717) is 11.3 Å². The lowest BCUT2D eigenvalue weighted by molar-refractivity contribution is -0.123. The van der Waals surface area contributed by atoms with E-state index in [1.54, 1.807) is 18.2 Å². The number of allylic oxidation sites excluding steroid dienone is 2. The summed E-state index contributed by atoms with van der Waals surface area (Å²) in [6.07, 6.45) is 4.99. The maximum atomic E-state index is 12.9. The molecule has 0 aromatic heterocycles. The van der Waals surface area contributed by atoms with Crippen LogP contribution in [0.15, 0.2) is 54.6 Å². The number of nitrogens with zero attached hydrogens (tertiary/aromatic N) is 1. The van der Waals surface area contributed by atoms with Gasteiger partial charge in [-0.15, -0.1) is 0 Å². The van der Waals surface area contributed by atoms with Crippen molar-refractivity contribution in [3.63, 3.8) is 0 Å². The Labute approximate surface area is 185 Å². The first-order chi connectivity index (χ1) is 15.3. The number of fused-ring (bicyclic) bond motifs is 5. The Kier molecular flexibility index (Phi) is 4.81. The molecule has 0 unspecified atom stereocenters. The third kappa shape index (κ3) is 3.18. The predicted octanol–water partition coefficient (Wildman–Crippen LogP) is 3.65. The van der Waals surface area contributed by atoms with Gasteiger partial charge >= 0.3 is 5.97 Å². The molecule has 162 valence electrons. The van der Waals surface area contributed by atoms with Crippen LogP contribution in [0.3, 0.4) is 0 Å². The van der Waals surface area contributed by atoms with Crippen LogP contribution in [0.25, 0.3) is 0 Å². The molecule has 2 aromatic rings. The molecular weight excluding hydrogens is 406 g/mol. The number of amides is 2. The number of anilines is 1. The number of benzene rings is 2. The van der Waals surface area contributed by atoms with Crippen molar-refractivity contribution in [3.8, 4) is 0 Å². The molecule has 3 aliphatic rings. The second kappa shape index (κ2) is 7.55. The van der Waals surface area contributed by atoms with Crippen LogP contribution >= 0.6 is 0 Å². The molecule has 1 saturated heterocycles. The van der Waals surface area contributed by atoms with Crippen molar-refractivity contribution < 1.29 is 23.9 Å². The molecule has 32 heavy (non-hydrogen) atoms. The van der Waals surface area contributed by atoms with Gasteiger partial charge in [-0.25, -0.2) is 4.79 Å². The fourth-order valence-electron chi connectivity index (χ4n) is 5.23. The van der Waals surface area contributed by atoms with E-state index in [4.69, 9.17) is 4.74 Å². The van der Waals surface area contributed by atoms with Gasteiger partial charge in [0.15, 0.2) is 6.61 Å². The largest absolute Gasteiger partial charge is 0.454 e. The summed E-state index contributed by atoms with van der Waals surface area (Å²) in [7, 11) is 0. The highest BCUT2D eigenvalue weighted by atomic mass is 16.5. The van der Waals surface area contributed by atoms with Crippen LogP contribution < -0.4 is 4.90 Å². The monoisotopic (exact) mass is 429 g/mol. The Morgan fingerprint density at radius 1 is 0.938 bits per heavy atom. The van der Waals surface area contributed by atoms with Crippen molar-refractivity contribution in [1.82, 2.24) is 0 Å². The molecule has 5 rings (SSSR count). The SMILES string of the molecule is Cc1ccc(C)c(C(=O)COC(=O)c2ccc(N3C(=O)[C@@H]4[C@H](C3=O)[C@@H]3C=C[C@H]4C3)cc2)c1. The zero-order valence-electron chi connectivity index (χ0n) is 17.9. The predicted molar refractivity (Wildman–Crippen MR) is 117 cm³/mol. The molecule has 6 heteroatoms. The lowest BCUT2D eigenvalue weighted by Gasteiger charge is -2.17. The number of carbonyl (C=O) groups is 4. The van der Waals surface area contributed by atoms with Gasteiger partial charge < -0.3 is 4.74 Å². The van der Waals surface area contributed by atoms with Crippen LogP contribution in [0, 0.1) is 37.5 Å². The van der Waals surface area contributed by atoms with Gasteiger partial charge in [-0.3, -0.25) is 19.3 Å². The molecule has 6 nitrogen and oxygen atoms in total. The third-order valence-electron chi connectivity index (χ3n) is 6.86. The summed E-state index contributed by atoms with van der Waals surface area (Å²) in [4.78, 5) is 51.9. The molecule has 4 atom stereocenters. The highest BCUT2D eigenvalue weighted by molar-refractivity contribution is 6.22. The average Bonchev–Trinajstić information content (AvgIpc) is 3.47. The van der Waals surface area contributed by atoms with Gasteiger partial charge in [-0.1, -0.05) is 29.8 Å². The van der Waals surface area contributed by atoms with Gasteiger partial charge in [0, 0.05) is 5.56 Å². The van der Waals surface area contributed by atoms with Crippen LogP contribution in [-0.2, 0) is 14.3 Å². The number of esters is 1. The second-order valence-corrected chi connectivity index (χ2v) is 8.88. The Balaban J connectivity index is 1.25. The molecule has 1 saturated carbocycles. The van der Waals surface area contributed by atoms with Crippen LogP contribution in [0.5, 0.6) is 0 Å². The minimum absolute atomic E-state index is 0.148. The molecule has 2 fully saturated rings. The Bertz CT molecular complexity index is 1150. The zero-order valence-corrected chi connectivity index (χ0v) is 17.9. The highest BCUT2D eigenvalue weighted by Gasteiger charge is 2.59.